The van der Waals surface area contributed by atoms with Crippen molar-refractivity contribution in [2.45, 2.75) is 25.0 Å². The van der Waals surface area contributed by atoms with Crippen molar-refractivity contribution >= 4 is 35.0 Å². The summed E-state index contributed by atoms with van der Waals surface area (Å²) in [6, 6.07) is 11.2. The van der Waals surface area contributed by atoms with E-state index in [1.54, 1.807) is 29.5 Å². The molecule has 0 saturated heterocycles. The van der Waals surface area contributed by atoms with Crippen LogP contribution < -0.4 is 15.0 Å². The molecule has 1 N–H and O–H groups in total. The van der Waals surface area contributed by atoms with E-state index in [9.17, 15) is 14.0 Å². The summed E-state index contributed by atoms with van der Waals surface area (Å²) in [4.78, 5) is 26.6. The van der Waals surface area contributed by atoms with Crippen molar-refractivity contribution in [3.63, 3.8) is 0 Å². The zero-order valence-electron chi connectivity index (χ0n) is 17.8. The Bertz CT molecular complexity index is 1180. The van der Waals surface area contributed by atoms with Crippen LogP contribution in [0.5, 0.6) is 5.75 Å². The molecule has 1 aromatic heterocycles. The number of aryl methyl sites for hydroxylation is 1. The Balaban J connectivity index is 1.46. The maximum absolute atomic E-state index is 13.4. The molecule has 4 rings (SSSR count). The first-order valence-corrected chi connectivity index (χ1v) is 11.0. The summed E-state index contributed by atoms with van der Waals surface area (Å²) in [6.45, 7) is 3.63. The molecule has 3 aromatic rings. The van der Waals surface area contributed by atoms with Crippen LogP contribution in [0, 0.1) is 12.7 Å². The van der Waals surface area contributed by atoms with Gasteiger partial charge in [-0.1, -0.05) is 30.0 Å². The molecule has 0 unspecified atom stereocenters. The van der Waals surface area contributed by atoms with Crippen molar-refractivity contribution in [1.29, 1.82) is 0 Å². The smallest absolute Gasteiger partial charge is 0.265 e. The number of anilines is 2. The number of nitrogens with one attached hydrogen (secondary N) is 1. The van der Waals surface area contributed by atoms with Gasteiger partial charge in [-0.05, 0) is 43.7 Å². The van der Waals surface area contributed by atoms with E-state index in [1.807, 2.05) is 31.2 Å². The molecule has 0 saturated carbocycles. The summed E-state index contributed by atoms with van der Waals surface area (Å²) in [7, 11) is 1.79. The van der Waals surface area contributed by atoms with E-state index in [2.05, 4.69) is 15.5 Å². The Morgan fingerprint density at radius 2 is 2.06 bits per heavy atom. The molecule has 1 aliphatic heterocycles. The molecule has 10 heteroatoms. The SMILES string of the molecule is Cc1ccc(F)cc1NC(=O)CSc1nnc([C@@H](C)N2C(=O)COc3ccccc32)n1C. The third kappa shape index (κ3) is 4.31. The summed E-state index contributed by atoms with van der Waals surface area (Å²) >= 11 is 1.21. The van der Waals surface area contributed by atoms with Crippen LogP contribution in [0.2, 0.25) is 0 Å². The van der Waals surface area contributed by atoms with Gasteiger partial charge in [0.1, 0.15) is 11.6 Å². The molecule has 32 heavy (non-hydrogen) atoms. The molecule has 8 nitrogen and oxygen atoms in total. The molecule has 166 valence electrons. The van der Waals surface area contributed by atoms with Crippen LogP contribution in [-0.2, 0) is 16.6 Å². The van der Waals surface area contributed by atoms with Crippen LogP contribution in [0.25, 0.3) is 0 Å². The number of rotatable bonds is 6. The Morgan fingerprint density at radius 3 is 2.88 bits per heavy atom. The lowest BCUT2D eigenvalue weighted by Gasteiger charge is -2.33. The molecule has 2 heterocycles. The number of halogens is 1. The number of benzene rings is 2. The van der Waals surface area contributed by atoms with Crippen molar-refractivity contribution in [2.24, 2.45) is 7.05 Å². The molecule has 2 amide bonds. The van der Waals surface area contributed by atoms with Crippen LogP contribution >= 0.6 is 11.8 Å². The summed E-state index contributed by atoms with van der Waals surface area (Å²) < 4.78 is 20.7. The monoisotopic (exact) mass is 455 g/mol. The third-order valence-corrected chi connectivity index (χ3v) is 6.20. The molecule has 0 spiro atoms. The number of fused-ring (bicyclic) bond motifs is 1. The molecule has 2 aromatic carbocycles. The molecule has 1 atom stereocenters. The van der Waals surface area contributed by atoms with Crippen molar-refractivity contribution < 1.29 is 18.7 Å². The Morgan fingerprint density at radius 1 is 1.28 bits per heavy atom. The van der Waals surface area contributed by atoms with E-state index in [0.29, 0.717) is 28.1 Å². The number of amides is 2. The third-order valence-electron chi connectivity index (χ3n) is 5.18. The first-order valence-electron chi connectivity index (χ1n) is 9.97. The van der Waals surface area contributed by atoms with Crippen molar-refractivity contribution in [3.8, 4) is 5.75 Å². The van der Waals surface area contributed by atoms with E-state index in [-0.39, 0.29) is 30.2 Å². The second-order valence-corrected chi connectivity index (χ2v) is 8.33. The van der Waals surface area contributed by atoms with Gasteiger partial charge in [-0.3, -0.25) is 14.5 Å². The molecular formula is C22H22FN5O3S. The average molecular weight is 456 g/mol. The number of hydrogen-bond donors (Lipinski definition) is 1. The van der Waals surface area contributed by atoms with Gasteiger partial charge >= 0.3 is 0 Å². The van der Waals surface area contributed by atoms with Gasteiger partial charge in [0.2, 0.25) is 5.91 Å². The van der Waals surface area contributed by atoms with Crippen molar-refractivity contribution in [2.75, 3.05) is 22.6 Å². The van der Waals surface area contributed by atoms with Crippen LogP contribution in [-0.4, -0.2) is 38.9 Å². The van der Waals surface area contributed by atoms with Gasteiger partial charge in [0.15, 0.2) is 17.6 Å². The largest absolute Gasteiger partial charge is 0.482 e. The number of ether oxygens (including phenoxy) is 1. The molecule has 0 radical (unpaired) electrons. The fourth-order valence-corrected chi connectivity index (χ4v) is 4.24. The van der Waals surface area contributed by atoms with Crippen molar-refractivity contribution in [1.82, 2.24) is 14.8 Å². The number of thioether (sulfide) groups is 1. The molecule has 0 fully saturated rings. The van der Waals surface area contributed by atoms with Gasteiger partial charge < -0.3 is 14.6 Å². The van der Waals surface area contributed by atoms with E-state index in [4.69, 9.17) is 4.74 Å². The van der Waals surface area contributed by atoms with Crippen LogP contribution in [0.4, 0.5) is 15.8 Å². The van der Waals surface area contributed by atoms with E-state index < -0.39 is 5.82 Å². The van der Waals surface area contributed by atoms with Crippen LogP contribution in [0.15, 0.2) is 47.6 Å². The second-order valence-electron chi connectivity index (χ2n) is 7.39. The summed E-state index contributed by atoms with van der Waals surface area (Å²) in [5.74, 6) is 0.441. The Hall–Kier alpha value is -3.40. The maximum atomic E-state index is 13.4. The number of nitrogens with zero attached hydrogens (tertiary/aromatic N) is 4. The lowest BCUT2D eigenvalue weighted by molar-refractivity contribution is -0.121. The van der Waals surface area contributed by atoms with Crippen LogP contribution in [0.1, 0.15) is 24.4 Å². The highest BCUT2D eigenvalue weighted by Gasteiger charge is 2.32. The van der Waals surface area contributed by atoms with Crippen LogP contribution in [0.3, 0.4) is 0 Å². The van der Waals surface area contributed by atoms with Gasteiger partial charge in [-0.2, -0.15) is 0 Å². The zero-order valence-corrected chi connectivity index (χ0v) is 18.6. The van der Waals surface area contributed by atoms with E-state index >= 15 is 0 Å². The predicted molar refractivity (Wildman–Crippen MR) is 119 cm³/mol. The lowest BCUT2D eigenvalue weighted by Crippen LogP contribution is -2.41. The quantitative estimate of drug-likeness (QED) is 0.573. The molecular weight excluding hydrogens is 433 g/mol. The number of carbonyl (C=O) groups is 2. The first kappa shape index (κ1) is 21.8. The van der Waals surface area contributed by atoms with Gasteiger partial charge in [0.25, 0.3) is 5.91 Å². The predicted octanol–water partition coefficient (Wildman–Crippen LogP) is 3.48. The number of carbonyl (C=O) groups excluding carboxylic acids is 2. The van der Waals surface area contributed by atoms with Gasteiger partial charge in [0.05, 0.1) is 17.5 Å². The topological polar surface area (TPSA) is 89.3 Å². The minimum Gasteiger partial charge on any atom is -0.482 e. The minimum absolute atomic E-state index is 0.0412. The fraction of sp³-hybridized carbons (Fsp3) is 0.273. The lowest BCUT2D eigenvalue weighted by atomic mass is 10.1. The average Bonchev–Trinajstić information content (AvgIpc) is 3.14. The summed E-state index contributed by atoms with van der Waals surface area (Å²) in [5, 5.41) is 11.7. The fourth-order valence-electron chi connectivity index (χ4n) is 3.52. The van der Waals surface area contributed by atoms with Crippen molar-refractivity contribution in [3.05, 3.63) is 59.7 Å². The second kappa shape index (κ2) is 8.99. The highest BCUT2D eigenvalue weighted by molar-refractivity contribution is 7.99. The first-order chi connectivity index (χ1) is 15.3. The van der Waals surface area contributed by atoms with Gasteiger partial charge in [0, 0.05) is 12.7 Å². The Labute approximate surface area is 188 Å². The van der Waals surface area contributed by atoms with Gasteiger partial charge in [-0.15, -0.1) is 10.2 Å². The highest BCUT2D eigenvalue weighted by Crippen LogP contribution is 2.37. The minimum atomic E-state index is -0.412. The summed E-state index contributed by atoms with van der Waals surface area (Å²) in [5.41, 5.74) is 1.89. The Kier molecular flexibility index (Phi) is 6.13. The zero-order chi connectivity index (χ0) is 22.8. The normalized spacial score (nSPS) is 14.0. The standard InChI is InChI=1S/C22H22FN5O3S/c1-13-8-9-15(23)10-16(13)24-19(29)12-32-22-26-25-21(27(22)3)14(2)28-17-6-4-5-7-18(17)31-11-20(28)30/h4-10,14H,11-12H2,1-3H3,(H,24,29)/t14-/m1/s1. The molecule has 1 aliphatic rings. The molecule has 0 bridgehead atoms. The van der Waals surface area contributed by atoms with Gasteiger partial charge in [-0.25, -0.2) is 4.39 Å². The number of hydrogen-bond acceptors (Lipinski definition) is 6. The van der Waals surface area contributed by atoms with E-state index in [0.717, 1.165) is 5.56 Å². The summed E-state index contributed by atoms with van der Waals surface area (Å²) in [6.07, 6.45) is 0. The number of aromatic nitrogens is 3. The molecule has 0 aliphatic carbocycles. The maximum Gasteiger partial charge on any atom is 0.265 e. The highest BCUT2D eigenvalue weighted by atomic mass is 32.2. The number of para-hydroxylation sites is 2. The van der Waals surface area contributed by atoms with E-state index in [1.165, 1.54) is 23.9 Å².